The molecule has 2 unspecified atom stereocenters. The average Bonchev–Trinajstić information content (AvgIpc) is 2.25. The standard InChI is InChI=1S/C11H12ClFO3S/c1-2-9(11(14)15)17(16)6-7-4-3-5-8(13)10(7)12/h3-5,9H,2,6H2,1H3,(H,14,15). The highest BCUT2D eigenvalue weighted by molar-refractivity contribution is 7.85. The van der Waals surface area contributed by atoms with Crippen molar-refractivity contribution < 1.29 is 18.5 Å². The summed E-state index contributed by atoms with van der Waals surface area (Å²) in [6.45, 7) is 1.64. The van der Waals surface area contributed by atoms with Gasteiger partial charge >= 0.3 is 5.97 Å². The fourth-order valence-corrected chi connectivity index (χ4v) is 3.00. The monoisotopic (exact) mass is 278 g/mol. The Hall–Kier alpha value is -0.940. The number of hydrogen-bond acceptors (Lipinski definition) is 2. The first-order valence-electron chi connectivity index (χ1n) is 5.00. The molecular weight excluding hydrogens is 267 g/mol. The second kappa shape index (κ2) is 6.12. The number of rotatable bonds is 5. The minimum Gasteiger partial charge on any atom is -0.480 e. The summed E-state index contributed by atoms with van der Waals surface area (Å²) in [4.78, 5) is 10.8. The van der Waals surface area contributed by atoms with Crippen LogP contribution >= 0.6 is 11.6 Å². The van der Waals surface area contributed by atoms with Crippen LogP contribution in [-0.4, -0.2) is 20.5 Å². The fraction of sp³-hybridized carbons (Fsp3) is 0.364. The number of halogens is 2. The van der Waals surface area contributed by atoms with Crippen molar-refractivity contribution in [2.45, 2.75) is 24.3 Å². The van der Waals surface area contributed by atoms with Gasteiger partial charge in [0.15, 0.2) is 0 Å². The predicted molar refractivity (Wildman–Crippen MR) is 65.0 cm³/mol. The molecule has 94 valence electrons. The van der Waals surface area contributed by atoms with E-state index in [2.05, 4.69) is 0 Å². The van der Waals surface area contributed by atoms with Gasteiger partial charge in [-0.1, -0.05) is 30.7 Å². The first-order chi connectivity index (χ1) is 7.97. The smallest absolute Gasteiger partial charge is 0.319 e. The first-order valence-corrected chi connectivity index (χ1v) is 6.76. The van der Waals surface area contributed by atoms with E-state index in [-0.39, 0.29) is 17.2 Å². The first kappa shape index (κ1) is 14.1. The maximum Gasteiger partial charge on any atom is 0.319 e. The summed E-state index contributed by atoms with van der Waals surface area (Å²) < 4.78 is 24.9. The van der Waals surface area contributed by atoms with Crippen molar-refractivity contribution in [1.82, 2.24) is 0 Å². The number of carbonyl (C=O) groups is 1. The Labute approximate surface area is 106 Å². The molecule has 0 aliphatic heterocycles. The Morgan fingerprint density at radius 3 is 2.76 bits per heavy atom. The number of benzene rings is 1. The molecule has 6 heteroatoms. The molecule has 1 aromatic rings. The summed E-state index contributed by atoms with van der Waals surface area (Å²) in [5.74, 6) is -1.76. The third-order valence-corrected chi connectivity index (χ3v) is 4.48. The lowest BCUT2D eigenvalue weighted by Gasteiger charge is -2.10. The van der Waals surface area contributed by atoms with E-state index in [9.17, 15) is 13.4 Å². The highest BCUT2D eigenvalue weighted by atomic mass is 35.5. The van der Waals surface area contributed by atoms with Gasteiger partial charge in [-0.15, -0.1) is 0 Å². The van der Waals surface area contributed by atoms with Crippen molar-refractivity contribution in [1.29, 1.82) is 0 Å². The molecule has 1 aromatic carbocycles. The van der Waals surface area contributed by atoms with Gasteiger partial charge < -0.3 is 5.11 Å². The van der Waals surface area contributed by atoms with E-state index in [4.69, 9.17) is 16.7 Å². The lowest BCUT2D eigenvalue weighted by atomic mass is 10.2. The van der Waals surface area contributed by atoms with E-state index < -0.39 is 27.8 Å². The Bertz CT molecular complexity index is 450. The quantitative estimate of drug-likeness (QED) is 0.901. The van der Waals surface area contributed by atoms with Crippen LogP contribution in [0, 0.1) is 5.82 Å². The van der Waals surface area contributed by atoms with E-state index in [0.29, 0.717) is 5.56 Å². The minimum atomic E-state index is -1.61. The molecule has 1 N–H and O–H groups in total. The van der Waals surface area contributed by atoms with Crippen LogP contribution < -0.4 is 0 Å². The zero-order valence-electron chi connectivity index (χ0n) is 9.15. The van der Waals surface area contributed by atoms with Gasteiger partial charge in [-0.3, -0.25) is 9.00 Å². The zero-order chi connectivity index (χ0) is 13.0. The Morgan fingerprint density at radius 2 is 2.24 bits per heavy atom. The summed E-state index contributed by atoms with van der Waals surface area (Å²) in [6, 6.07) is 4.19. The van der Waals surface area contributed by atoms with Crippen LogP contribution in [0.1, 0.15) is 18.9 Å². The SMILES string of the molecule is CCC(C(=O)O)S(=O)Cc1cccc(F)c1Cl. The number of carboxylic acids is 1. The van der Waals surface area contributed by atoms with E-state index in [1.807, 2.05) is 0 Å². The highest BCUT2D eigenvalue weighted by Gasteiger charge is 2.23. The summed E-state index contributed by atoms with van der Waals surface area (Å²) >= 11 is 5.71. The molecule has 0 radical (unpaired) electrons. The minimum absolute atomic E-state index is 0.0542. The number of hydrogen-bond donors (Lipinski definition) is 1. The normalized spacial score (nSPS) is 14.3. The fourth-order valence-electron chi connectivity index (χ4n) is 1.39. The molecule has 0 bridgehead atoms. The molecule has 0 saturated carbocycles. The van der Waals surface area contributed by atoms with E-state index in [1.54, 1.807) is 6.92 Å². The molecular formula is C11H12ClFO3S. The molecule has 0 fully saturated rings. The van der Waals surface area contributed by atoms with Gasteiger partial charge in [0, 0.05) is 10.8 Å². The van der Waals surface area contributed by atoms with Gasteiger partial charge in [0.05, 0.1) is 10.8 Å². The maximum atomic E-state index is 13.1. The molecule has 0 aromatic heterocycles. The van der Waals surface area contributed by atoms with E-state index in [1.165, 1.54) is 18.2 Å². The molecule has 1 rings (SSSR count). The van der Waals surface area contributed by atoms with E-state index in [0.717, 1.165) is 0 Å². The zero-order valence-corrected chi connectivity index (χ0v) is 10.7. The van der Waals surface area contributed by atoms with Crippen molar-refractivity contribution in [3.05, 3.63) is 34.6 Å². The van der Waals surface area contributed by atoms with Crippen LogP contribution in [0.4, 0.5) is 4.39 Å². The highest BCUT2D eigenvalue weighted by Crippen LogP contribution is 2.22. The molecule has 0 amide bonds. The van der Waals surface area contributed by atoms with Gasteiger partial charge in [0.25, 0.3) is 0 Å². The lowest BCUT2D eigenvalue weighted by molar-refractivity contribution is -0.136. The maximum absolute atomic E-state index is 13.1. The molecule has 17 heavy (non-hydrogen) atoms. The van der Waals surface area contributed by atoms with Gasteiger partial charge in [0.2, 0.25) is 0 Å². The molecule has 2 atom stereocenters. The Balaban J connectivity index is 2.88. The van der Waals surface area contributed by atoms with Crippen LogP contribution in [0.25, 0.3) is 0 Å². The molecule has 0 aliphatic carbocycles. The summed E-state index contributed by atoms with van der Waals surface area (Å²) in [5, 5.41) is 7.80. The average molecular weight is 279 g/mol. The van der Waals surface area contributed by atoms with Crippen molar-refractivity contribution in [3.63, 3.8) is 0 Å². The van der Waals surface area contributed by atoms with Crippen molar-refractivity contribution >= 4 is 28.4 Å². The van der Waals surface area contributed by atoms with Gasteiger partial charge in [0.1, 0.15) is 11.1 Å². The van der Waals surface area contributed by atoms with Crippen LogP contribution in [0.15, 0.2) is 18.2 Å². The van der Waals surface area contributed by atoms with Crippen LogP contribution in [-0.2, 0) is 21.3 Å². The van der Waals surface area contributed by atoms with Crippen LogP contribution in [0.2, 0.25) is 5.02 Å². The second-order valence-electron chi connectivity index (χ2n) is 3.47. The third kappa shape index (κ3) is 3.51. The van der Waals surface area contributed by atoms with Crippen molar-refractivity contribution in [2.24, 2.45) is 0 Å². The lowest BCUT2D eigenvalue weighted by Crippen LogP contribution is -2.25. The molecule has 0 aliphatic rings. The van der Waals surface area contributed by atoms with Gasteiger partial charge in [-0.2, -0.15) is 0 Å². The molecule has 0 saturated heterocycles. The predicted octanol–water partition coefficient (Wildman–Crippen LogP) is 2.59. The van der Waals surface area contributed by atoms with Gasteiger partial charge in [-0.05, 0) is 18.1 Å². The van der Waals surface area contributed by atoms with Crippen LogP contribution in [0.5, 0.6) is 0 Å². The number of carboxylic acid groups (broad SMARTS) is 1. The van der Waals surface area contributed by atoms with Crippen molar-refractivity contribution in [3.8, 4) is 0 Å². The van der Waals surface area contributed by atoms with Gasteiger partial charge in [-0.25, -0.2) is 4.39 Å². The van der Waals surface area contributed by atoms with Crippen LogP contribution in [0.3, 0.4) is 0 Å². The summed E-state index contributed by atoms with van der Waals surface area (Å²) in [7, 11) is -1.61. The Morgan fingerprint density at radius 1 is 1.59 bits per heavy atom. The largest absolute Gasteiger partial charge is 0.480 e. The van der Waals surface area contributed by atoms with E-state index >= 15 is 0 Å². The summed E-state index contributed by atoms with van der Waals surface area (Å²) in [6.07, 6.45) is 0.259. The summed E-state index contributed by atoms with van der Waals surface area (Å²) in [5.41, 5.74) is 0.365. The second-order valence-corrected chi connectivity index (χ2v) is 5.47. The third-order valence-electron chi connectivity index (χ3n) is 2.29. The molecule has 0 spiro atoms. The number of aliphatic carboxylic acids is 1. The molecule has 3 nitrogen and oxygen atoms in total. The van der Waals surface area contributed by atoms with Crippen molar-refractivity contribution in [2.75, 3.05) is 0 Å². The topological polar surface area (TPSA) is 54.4 Å². The Kier molecular flexibility index (Phi) is 5.08. The molecule has 0 heterocycles.